The molecule has 1 unspecified atom stereocenters. The van der Waals surface area contributed by atoms with Gasteiger partial charge in [0.05, 0.1) is 0 Å². The zero-order chi connectivity index (χ0) is 13.3. The van der Waals surface area contributed by atoms with Crippen molar-refractivity contribution in [1.82, 2.24) is 5.32 Å². The van der Waals surface area contributed by atoms with E-state index in [-0.39, 0.29) is 11.7 Å². The summed E-state index contributed by atoms with van der Waals surface area (Å²) in [5.41, 5.74) is 13.6. The fraction of sp³-hybridized carbons (Fsp3) is 0.308. The van der Waals surface area contributed by atoms with Gasteiger partial charge in [0.2, 0.25) is 5.79 Å². The summed E-state index contributed by atoms with van der Waals surface area (Å²) in [4.78, 5) is 4.21. The first-order valence-electron chi connectivity index (χ1n) is 5.81. The van der Waals surface area contributed by atoms with E-state index in [0.717, 1.165) is 5.70 Å². The van der Waals surface area contributed by atoms with Crippen LogP contribution < -0.4 is 16.8 Å². The number of nitrogens with zero attached hydrogens (tertiary/aromatic N) is 1. The number of halogens is 1. The van der Waals surface area contributed by atoms with Gasteiger partial charge in [-0.3, -0.25) is 5.73 Å². The Morgan fingerprint density at radius 3 is 2.44 bits per heavy atom. The number of nitrogens with two attached hydrogens (primary N) is 2. The first kappa shape index (κ1) is 12.6. The van der Waals surface area contributed by atoms with E-state index in [4.69, 9.17) is 11.5 Å². The summed E-state index contributed by atoms with van der Waals surface area (Å²) in [7, 11) is 0. The molecule has 1 aliphatic rings. The Morgan fingerprint density at radius 1 is 1.28 bits per heavy atom. The van der Waals surface area contributed by atoms with Gasteiger partial charge >= 0.3 is 0 Å². The van der Waals surface area contributed by atoms with Gasteiger partial charge in [-0.25, -0.2) is 9.38 Å². The number of nitrogens with one attached hydrogen (secondary N) is 1. The van der Waals surface area contributed by atoms with Crippen molar-refractivity contribution in [2.75, 3.05) is 0 Å². The summed E-state index contributed by atoms with van der Waals surface area (Å²) in [5.74, 6) is -0.826. The molecule has 96 valence electrons. The molecule has 1 heterocycles. The third-order valence-electron chi connectivity index (χ3n) is 2.85. The van der Waals surface area contributed by atoms with Crippen molar-refractivity contribution in [3.8, 4) is 0 Å². The van der Waals surface area contributed by atoms with Crippen LogP contribution in [0.2, 0.25) is 0 Å². The summed E-state index contributed by atoms with van der Waals surface area (Å²) in [6.07, 6.45) is 1.76. The fourth-order valence-corrected chi connectivity index (χ4v) is 1.83. The van der Waals surface area contributed by atoms with Crippen molar-refractivity contribution < 1.29 is 4.39 Å². The number of rotatable bonds is 2. The lowest BCUT2D eigenvalue weighted by Crippen LogP contribution is -2.52. The van der Waals surface area contributed by atoms with Gasteiger partial charge in [-0.2, -0.15) is 0 Å². The smallest absolute Gasteiger partial charge is 0.211 e. The number of benzene rings is 1. The maximum absolute atomic E-state index is 12.9. The highest BCUT2D eigenvalue weighted by Crippen LogP contribution is 2.24. The second-order valence-corrected chi connectivity index (χ2v) is 4.69. The molecule has 0 amide bonds. The van der Waals surface area contributed by atoms with E-state index in [1.54, 1.807) is 18.2 Å². The monoisotopic (exact) mass is 248 g/mol. The number of amidine groups is 1. The lowest BCUT2D eigenvalue weighted by molar-refractivity contribution is 0.374. The number of hydrogen-bond donors (Lipinski definition) is 3. The van der Waals surface area contributed by atoms with Gasteiger partial charge in [-0.05, 0) is 24.1 Å². The Hall–Kier alpha value is -1.88. The topological polar surface area (TPSA) is 76.4 Å². The molecule has 0 spiro atoms. The number of aliphatic imine (C=N–C) groups is 1. The molecule has 18 heavy (non-hydrogen) atoms. The SMILES string of the molecule is CC(C)C1=CC(N)=NC(N)(c2ccc(F)cc2)N1. The van der Waals surface area contributed by atoms with E-state index in [1.807, 2.05) is 13.8 Å². The molecule has 5 heteroatoms. The maximum atomic E-state index is 12.9. The van der Waals surface area contributed by atoms with Gasteiger partial charge < -0.3 is 11.1 Å². The van der Waals surface area contributed by atoms with Gasteiger partial charge in [0.15, 0.2) is 0 Å². The highest BCUT2D eigenvalue weighted by molar-refractivity contribution is 5.93. The molecular formula is C13H17FN4. The van der Waals surface area contributed by atoms with Crippen LogP contribution in [-0.4, -0.2) is 5.84 Å². The molecule has 2 rings (SSSR count). The third-order valence-corrected chi connectivity index (χ3v) is 2.85. The highest BCUT2D eigenvalue weighted by Gasteiger charge is 2.30. The Balaban J connectivity index is 2.38. The Bertz CT molecular complexity index is 504. The summed E-state index contributed by atoms with van der Waals surface area (Å²) in [5, 5.41) is 3.14. The summed E-state index contributed by atoms with van der Waals surface area (Å²) in [6.45, 7) is 4.06. The van der Waals surface area contributed by atoms with Crippen LogP contribution in [0.4, 0.5) is 4.39 Å². The van der Waals surface area contributed by atoms with Crippen LogP contribution in [0.1, 0.15) is 19.4 Å². The van der Waals surface area contributed by atoms with Gasteiger partial charge in [0.25, 0.3) is 0 Å². The van der Waals surface area contributed by atoms with E-state index in [9.17, 15) is 4.39 Å². The molecule has 1 aromatic carbocycles. The Morgan fingerprint density at radius 2 is 1.89 bits per heavy atom. The Labute approximate surface area is 106 Å². The molecule has 1 atom stereocenters. The van der Waals surface area contributed by atoms with Gasteiger partial charge in [-0.15, -0.1) is 0 Å². The quantitative estimate of drug-likeness (QED) is 0.740. The van der Waals surface area contributed by atoms with E-state index < -0.39 is 5.79 Å². The van der Waals surface area contributed by atoms with E-state index in [1.165, 1.54) is 12.1 Å². The van der Waals surface area contributed by atoms with Crippen molar-refractivity contribution >= 4 is 5.84 Å². The minimum absolute atomic E-state index is 0.252. The van der Waals surface area contributed by atoms with Crippen LogP contribution in [0.3, 0.4) is 0 Å². The fourth-order valence-electron chi connectivity index (χ4n) is 1.83. The van der Waals surface area contributed by atoms with Gasteiger partial charge in [0.1, 0.15) is 11.7 Å². The number of hydrogen-bond acceptors (Lipinski definition) is 4. The average Bonchev–Trinajstić information content (AvgIpc) is 2.28. The largest absolute Gasteiger partial charge is 0.384 e. The van der Waals surface area contributed by atoms with Gasteiger partial charge in [-0.1, -0.05) is 26.0 Å². The predicted molar refractivity (Wildman–Crippen MR) is 69.9 cm³/mol. The standard InChI is InChI=1S/C13H17FN4/c1-8(2)11-7-12(15)18-13(16,17-11)9-3-5-10(14)6-4-9/h3-8,17H,16H2,1-2H3,(H2,15,18). The van der Waals surface area contributed by atoms with Crippen molar-refractivity contribution in [2.45, 2.75) is 19.6 Å². The predicted octanol–water partition coefficient (Wildman–Crippen LogP) is 1.40. The molecule has 0 aliphatic carbocycles. The molecule has 1 aliphatic heterocycles. The summed E-state index contributed by atoms with van der Waals surface area (Å²) < 4.78 is 12.9. The van der Waals surface area contributed by atoms with Crippen LogP contribution in [-0.2, 0) is 5.79 Å². The second kappa shape index (κ2) is 4.42. The van der Waals surface area contributed by atoms with Gasteiger partial charge in [0, 0.05) is 11.3 Å². The van der Waals surface area contributed by atoms with Crippen molar-refractivity contribution in [2.24, 2.45) is 22.4 Å². The molecule has 0 saturated carbocycles. The zero-order valence-electron chi connectivity index (χ0n) is 10.4. The Kier molecular flexibility index (Phi) is 3.09. The number of allylic oxidation sites excluding steroid dienone is 1. The molecular weight excluding hydrogens is 231 g/mol. The molecule has 0 aromatic heterocycles. The minimum Gasteiger partial charge on any atom is -0.384 e. The normalized spacial score (nSPS) is 23.4. The lowest BCUT2D eigenvalue weighted by Gasteiger charge is -2.33. The van der Waals surface area contributed by atoms with Crippen molar-refractivity contribution in [3.05, 3.63) is 47.4 Å². The van der Waals surface area contributed by atoms with E-state index in [2.05, 4.69) is 10.3 Å². The molecule has 0 saturated heterocycles. The third kappa shape index (κ3) is 2.36. The average molecular weight is 248 g/mol. The summed E-state index contributed by atoms with van der Waals surface area (Å²) in [6, 6.07) is 5.90. The summed E-state index contributed by atoms with van der Waals surface area (Å²) >= 11 is 0. The molecule has 0 bridgehead atoms. The lowest BCUT2D eigenvalue weighted by atomic mass is 10.0. The van der Waals surface area contributed by atoms with Crippen molar-refractivity contribution in [3.63, 3.8) is 0 Å². The first-order chi connectivity index (χ1) is 8.40. The van der Waals surface area contributed by atoms with Crippen molar-refractivity contribution in [1.29, 1.82) is 0 Å². The molecule has 4 nitrogen and oxygen atoms in total. The van der Waals surface area contributed by atoms with Crippen LogP contribution >= 0.6 is 0 Å². The van der Waals surface area contributed by atoms with Crippen LogP contribution in [0.15, 0.2) is 41.0 Å². The highest BCUT2D eigenvalue weighted by atomic mass is 19.1. The maximum Gasteiger partial charge on any atom is 0.211 e. The van der Waals surface area contributed by atoms with Crippen LogP contribution in [0.5, 0.6) is 0 Å². The second-order valence-electron chi connectivity index (χ2n) is 4.69. The molecule has 5 N–H and O–H groups in total. The molecule has 0 radical (unpaired) electrons. The van der Waals surface area contributed by atoms with Crippen LogP contribution in [0.25, 0.3) is 0 Å². The van der Waals surface area contributed by atoms with E-state index >= 15 is 0 Å². The molecule has 1 aromatic rings. The molecule has 0 fully saturated rings. The minimum atomic E-state index is -1.13. The van der Waals surface area contributed by atoms with E-state index in [0.29, 0.717) is 11.4 Å². The zero-order valence-corrected chi connectivity index (χ0v) is 10.4. The van der Waals surface area contributed by atoms with Crippen LogP contribution in [0, 0.1) is 11.7 Å². The first-order valence-corrected chi connectivity index (χ1v) is 5.81.